The highest BCUT2D eigenvalue weighted by molar-refractivity contribution is 5.89. The molecule has 1 aromatic carbocycles. The zero-order valence-electron chi connectivity index (χ0n) is 11.0. The summed E-state index contributed by atoms with van der Waals surface area (Å²) in [6.45, 7) is 3.22. The van der Waals surface area contributed by atoms with Crippen molar-refractivity contribution in [2.75, 3.05) is 25.0 Å². The molecule has 19 heavy (non-hydrogen) atoms. The molecule has 1 heterocycles. The van der Waals surface area contributed by atoms with Gasteiger partial charge in [0, 0.05) is 25.4 Å². The van der Waals surface area contributed by atoms with Crippen molar-refractivity contribution in [1.82, 2.24) is 4.90 Å². The molecule has 1 aliphatic rings. The lowest BCUT2D eigenvalue weighted by Gasteiger charge is -2.31. The van der Waals surface area contributed by atoms with Gasteiger partial charge in [-0.25, -0.2) is 9.18 Å². The van der Waals surface area contributed by atoms with Crippen LogP contribution < -0.4 is 5.32 Å². The predicted octanol–water partition coefficient (Wildman–Crippen LogP) is 2.37. The predicted molar refractivity (Wildman–Crippen MR) is 71.5 cm³/mol. The Morgan fingerprint density at radius 3 is 2.68 bits per heavy atom. The SMILES string of the molecule is Cc1cc(F)cc(NC(=O)N2CCC(CO)CC2)c1. The normalized spacial score (nSPS) is 16.5. The Bertz CT molecular complexity index is 437. The lowest BCUT2D eigenvalue weighted by Crippen LogP contribution is -2.41. The summed E-state index contributed by atoms with van der Waals surface area (Å²) in [5.74, 6) is -0.0604. The summed E-state index contributed by atoms with van der Waals surface area (Å²) < 4.78 is 13.2. The first-order valence-electron chi connectivity index (χ1n) is 6.52. The van der Waals surface area contributed by atoms with Gasteiger partial charge in [0.2, 0.25) is 0 Å². The first kappa shape index (κ1) is 13.8. The smallest absolute Gasteiger partial charge is 0.321 e. The van der Waals surface area contributed by atoms with E-state index in [2.05, 4.69) is 5.32 Å². The zero-order chi connectivity index (χ0) is 13.8. The number of hydrogen-bond donors (Lipinski definition) is 2. The number of urea groups is 1. The van der Waals surface area contributed by atoms with Crippen molar-refractivity contribution >= 4 is 11.7 Å². The number of rotatable bonds is 2. The van der Waals surface area contributed by atoms with Crippen LogP contribution in [0.25, 0.3) is 0 Å². The lowest BCUT2D eigenvalue weighted by atomic mass is 9.98. The highest BCUT2D eigenvalue weighted by Gasteiger charge is 2.22. The van der Waals surface area contributed by atoms with E-state index < -0.39 is 0 Å². The van der Waals surface area contributed by atoms with Crippen LogP contribution in [-0.2, 0) is 0 Å². The Morgan fingerprint density at radius 1 is 1.42 bits per heavy atom. The third-order valence-corrected chi connectivity index (χ3v) is 3.45. The number of benzene rings is 1. The van der Waals surface area contributed by atoms with Crippen LogP contribution >= 0.6 is 0 Å². The van der Waals surface area contributed by atoms with Gasteiger partial charge in [-0.1, -0.05) is 0 Å². The van der Waals surface area contributed by atoms with Crippen LogP contribution in [0.5, 0.6) is 0 Å². The van der Waals surface area contributed by atoms with E-state index in [-0.39, 0.29) is 18.5 Å². The second-order valence-corrected chi connectivity index (χ2v) is 5.06. The average molecular weight is 266 g/mol. The van der Waals surface area contributed by atoms with E-state index in [1.807, 2.05) is 0 Å². The number of piperidine rings is 1. The molecule has 0 atom stereocenters. The highest BCUT2D eigenvalue weighted by Crippen LogP contribution is 2.18. The van der Waals surface area contributed by atoms with Crippen LogP contribution in [0, 0.1) is 18.7 Å². The molecule has 104 valence electrons. The molecule has 1 saturated heterocycles. The molecule has 4 nitrogen and oxygen atoms in total. The van der Waals surface area contributed by atoms with Crippen molar-refractivity contribution in [1.29, 1.82) is 0 Å². The fraction of sp³-hybridized carbons (Fsp3) is 0.500. The van der Waals surface area contributed by atoms with E-state index in [1.54, 1.807) is 17.9 Å². The number of likely N-dealkylation sites (tertiary alicyclic amines) is 1. The van der Waals surface area contributed by atoms with Gasteiger partial charge >= 0.3 is 6.03 Å². The molecule has 0 bridgehead atoms. The number of carbonyl (C=O) groups excluding carboxylic acids is 1. The first-order valence-corrected chi connectivity index (χ1v) is 6.52. The van der Waals surface area contributed by atoms with E-state index >= 15 is 0 Å². The molecule has 0 radical (unpaired) electrons. The summed E-state index contributed by atoms with van der Waals surface area (Å²) in [6, 6.07) is 4.26. The minimum Gasteiger partial charge on any atom is -0.396 e. The molecule has 2 N–H and O–H groups in total. The van der Waals surface area contributed by atoms with Gasteiger partial charge in [-0.3, -0.25) is 0 Å². The summed E-state index contributed by atoms with van der Waals surface area (Å²) in [5, 5.41) is 11.8. The van der Waals surface area contributed by atoms with Gasteiger partial charge < -0.3 is 15.3 Å². The monoisotopic (exact) mass is 266 g/mol. The van der Waals surface area contributed by atoms with E-state index in [0.29, 0.717) is 24.7 Å². The fourth-order valence-electron chi connectivity index (χ4n) is 2.33. The third-order valence-electron chi connectivity index (χ3n) is 3.45. The maximum Gasteiger partial charge on any atom is 0.321 e. The summed E-state index contributed by atoms with van der Waals surface area (Å²) >= 11 is 0. The van der Waals surface area contributed by atoms with Crippen molar-refractivity contribution in [3.63, 3.8) is 0 Å². The van der Waals surface area contributed by atoms with Crippen LogP contribution in [0.1, 0.15) is 18.4 Å². The van der Waals surface area contributed by atoms with Crippen LogP contribution in [0.3, 0.4) is 0 Å². The lowest BCUT2D eigenvalue weighted by molar-refractivity contribution is 0.143. The van der Waals surface area contributed by atoms with Gasteiger partial charge in [0.1, 0.15) is 5.82 Å². The number of amides is 2. The molecular weight excluding hydrogens is 247 g/mol. The number of aliphatic hydroxyl groups is 1. The minimum atomic E-state index is -0.353. The Hall–Kier alpha value is -1.62. The molecule has 0 spiro atoms. The average Bonchev–Trinajstić information content (AvgIpc) is 2.37. The second-order valence-electron chi connectivity index (χ2n) is 5.06. The second kappa shape index (κ2) is 6.02. The summed E-state index contributed by atoms with van der Waals surface area (Å²) in [7, 11) is 0. The summed E-state index contributed by atoms with van der Waals surface area (Å²) in [4.78, 5) is 13.7. The minimum absolute atomic E-state index is 0.179. The van der Waals surface area contributed by atoms with Gasteiger partial charge in [-0.2, -0.15) is 0 Å². The van der Waals surface area contributed by atoms with E-state index in [1.165, 1.54) is 12.1 Å². The number of hydrogen-bond acceptors (Lipinski definition) is 2. The molecule has 2 amide bonds. The Labute approximate surface area is 112 Å². The van der Waals surface area contributed by atoms with Gasteiger partial charge in [-0.05, 0) is 49.4 Å². The van der Waals surface area contributed by atoms with Crippen molar-refractivity contribution in [2.24, 2.45) is 5.92 Å². The number of nitrogens with zero attached hydrogens (tertiary/aromatic N) is 1. The van der Waals surface area contributed by atoms with Gasteiger partial charge in [0.15, 0.2) is 0 Å². The van der Waals surface area contributed by atoms with E-state index in [4.69, 9.17) is 5.11 Å². The van der Waals surface area contributed by atoms with Crippen molar-refractivity contribution in [3.05, 3.63) is 29.6 Å². The number of anilines is 1. The van der Waals surface area contributed by atoms with Crippen molar-refractivity contribution in [2.45, 2.75) is 19.8 Å². The van der Waals surface area contributed by atoms with Crippen LogP contribution in [-0.4, -0.2) is 35.7 Å². The molecule has 1 aliphatic heterocycles. The van der Waals surface area contributed by atoms with Crippen LogP contribution in [0.2, 0.25) is 0 Å². The molecular formula is C14H19FN2O2. The zero-order valence-corrected chi connectivity index (χ0v) is 11.0. The summed E-state index contributed by atoms with van der Waals surface area (Å²) in [5.41, 5.74) is 1.25. The molecule has 0 aliphatic carbocycles. The Morgan fingerprint density at radius 2 is 2.11 bits per heavy atom. The quantitative estimate of drug-likeness (QED) is 0.863. The maximum absolute atomic E-state index is 13.2. The Kier molecular flexibility index (Phi) is 4.37. The Balaban J connectivity index is 1.94. The molecule has 5 heteroatoms. The number of aryl methyl sites for hydroxylation is 1. The number of nitrogens with one attached hydrogen (secondary N) is 1. The molecule has 1 aromatic rings. The largest absolute Gasteiger partial charge is 0.396 e. The van der Waals surface area contributed by atoms with E-state index in [0.717, 1.165) is 18.4 Å². The standard InChI is InChI=1S/C14H19FN2O2/c1-10-6-12(15)8-13(7-10)16-14(19)17-4-2-11(9-18)3-5-17/h6-8,11,18H,2-5,9H2,1H3,(H,16,19). The molecule has 2 rings (SSSR count). The fourth-order valence-corrected chi connectivity index (χ4v) is 2.33. The molecule has 0 unspecified atom stereocenters. The van der Waals surface area contributed by atoms with Gasteiger partial charge in [0.05, 0.1) is 0 Å². The summed E-state index contributed by atoms with van der Waals surface area (Å²) in [6.07, 6.45) is 1.62. The number of carbonyl (C=O) groups is 1. The van der Waals surface area contributed by atoms with Crippen molar-refractivity contribution in [3.8, 4) is 0 Å². The van der Waals surface area contributed by atoms with Crippen molar-refractivity contribution < 1.29 is 14.3 Å². The molecule has 1 fully saturated rings. The molecule has 0 saturated carbocycles. The van der Waals surface area contributed by atoms with Gasteiger partial charge in [-0.15, -0.1) is 0 Å². The maximum atomic E-state index is 13.2. The highest BCUT2D eigenvalue weighted by atomic mass is 19.1. The third kappa shape index (κ3) is 3.67. The van der Waals surface area contributed by atoms with E-state index in [9.17, 15) is 9.18 Å². The molecule has 0 aromatic heterocycles. The van der Waals surface area contributed by atoms with Gasteiger partial charge in [0.25, 0.3) is 0 Å². The van der Waals surface area contributed by atoms with Crippen LogP contribution in [0.4, 0.5) is 14.9 Å². The number of aliphatic hydroxyl groups excluding tert-OH is 1. The first-order chi connectivity index (χ1) is 9.08. The number of halogens is 1. The topological polar surface area (TPSA) is 52.6 Å². The van der Waals surface area contributed by atoms with Crippen LogP contribution in [0.15, 0.2) is 18.2 Å².